The molecule has 0 aromatic rings. The molecule has 7 atom stereocenters. The van der Waals surface area contributed by atoms with Gasteiger partial charge in [0.25, 0.3) is 0 Å². The van der Waals surface area contributed by atoms with Crippen molar-refractivity contribution in [3.05, 3.63) is 0 Å². The second-order valence-electron chi connectivity index (χ2n) is 6.60. The van der Waals surface area contributed by atoms with Crippen molar-refractivity contribution in [3.8, 4) is 0 Å². The minimum atomic E-state index is -2.89. The van der Waals surface area contributed by atoms with E-state index in [1.807, 2.05) is 6.26 Å². The van der Waals surface area contributed by atoms with E-state index in [1.165, 1.54) is 0 Å². The number of thioether (sulfide) groups is 1. The van der Waals surface area contributed by atoms with Crippen molar-refractivity contribution in [2.75, 3.05) is 18.6 Å². The van der Waals surface area contributed by atoms with Gasteiger partial charge in [-0.2, -0.15) is 11.8 Å². The summed E-state index contributed by atoms with van der Waals surface area (Å²) in [5.74, 6) is -5.94. The smallest absolute Gasteiger partial charge is 0.548 e. The molecule has 8 N–H and O–H groups in total. The number of carbonyl (C=O) groups excluding carboxylic acids is 3. The van der Waals surface area contributed by atoms with Crippen molar-refractivity contribution in [1.82, 2.24) is 5.32 Å². The Morgan fingerprint density at radius 3 is 2.26 bits per heavy atom. The van der Waals surface area contributed by atoms with Crippen LogP contribution in [0.5, 0.6) is 0 Å². The first-order valence-corrected chi connectivity index (χ1v) is 10.2. The van der Waals surface area contributed by atoms with Gasteiger partial charge in [0, 0.05) is 19.4 Å². The molecule has 31 heavy (non-hydrogen) atoms. The predicted molar refractivity (Wildman–Crippen MR) is 98.1 cm³/mol. The summed E-state index contributed by atoms with van der Waals surface area (Å²) in [6, 6.07) is -2.09. The predicted octanol–water partition coefficient (Wildman–Crippen LogP) is -6.39. The van der Waals surface area contributed by atoms with Crippen molar-refractivity contribution in [1.29, 1.82) is 0 Å². The Kier molecular flexibility index (Phi) is 15.7. The Hall–Kier alpha value is -0.897. The van der Waals surface area contributed by atoms with Gasteiger partial charge < -0.3 is 61.1 Å². The van der Waals surface area contributed by atoms with E-state index in [2.05, 4.69) is 5.32 Å². The first kappa shape index (κ1) is 32.3. The zero-order valence-electron chi connectivity index (χ0n) is 17.2. The van der Waals surface area contributed by atoms with Gasteiger partial charge in [0.2, 0.25) is 11.7 Å². The van der Waals surface area contributed by atoms with E-state index >= 15 is 0 Å². The fourth-order valence-electron chi connectivity index (χ4n) is 2.49. The molecule has 1 aliphatic rings. The summed E-state index contributed by atoms with van der Waals surface area (Å²) in [4.78, 5) is 31.9. The molecule has 1 amide bonds. The molecule has 1 rings (SSSR count). The van der Waals surface area contributed by atoms with Crippen molar-refractivity contribution >= 4 is 29.6 Å². The molecule has 13 nitrogen and oxygen atoms in total. The number of rotatable bonds is 9. The summed E-state index contributed by atoms with van der Waals surface area (Å²) in [5.41, 5.74) is 5.13. The third-order valence-electron chi connectivity index (χ3n) is 4.13. The maximum atomic E-state index is 11.1. The molecule has 0 spiro atoms. The molecule has 1 unspecified atom stereocenters. The molecule has 1 aliphatic heterocycles. The Balaban J connectivity index is 0. The molecule has 15 heteroatoms. The first-order chi connectivity index (χ1) is 13.8. The molecule has 1 saturated heterocycles. The average Bonchev–Trinajstić information content (AvgIpc) is 2.66. The minimum Gasteiger partial charge on any atom is -0.548 e. The van der Waals surface area contributed by atoms with Gasteiger partial charge >= 0.3 is 19.5 Å². The summed E-state index contributed by atoms with van der Waals surface area (Å²) >= 11 is 1.58. The standard InChI is InChI=1S/C11H19NO9.C5H11NO2S.Zn/c1-4(14)12-7-5(15)2-11(20,10(18)19)21-9(7)8(17)6(16)3-13;1-9-3-2-4(6)5(7)8;/h5-9,13,15-17,20H,2-3H2,1H3,(H,12,14)(H,18,19);4H,2-3,6H2,1H3,(H,7,8);/q;;+2/p-2/t5-,6+,7+,8+,9+,11-;;/m0../s1. The molecule has 0 bridgehead atoms. The van der Waals surface area contributed by atoms with Crippen LogP contribution in [0.2, 0.25) is 0 Å². The Labute approximate surface area is 195 Å². The number of nitrogens with two attached hydrogens (primary N) is 1. The number of hydrogen-bond donors (Lipinski definition) is 7. The van der Waals surface area contributed by atoms with E-state index < -0.39 is 73.2 Å². The van der Waals surface area contributed by atoms with Crippen LogP contribution < -0.4 is 21.3 Å². The first-order valence-electron chi connectivity index (χ1n) is 8.79. The normalized spacial score (nSPS) is 28.1. The van der Waals surface area contributed by atoms with Crippen LogP contribution in [0, 0.1) is 0 Å². The van der Waals surface area contributed by atoms with Crippen LogP contribution in [-0.2, 0) is 38.6 Å². The van der Waals surface area contributed by atoms with Gasteiger partial charge in [-0.1, -0.05) is 0 Å². The molecular weight excluding hydrogens is 494 g/mol. The SMILES string of the molecule is CC(=O)N[C@H]1[C@H]([C@H](O)[C@H](O)CO)O[C@](O)(C(=O)[O-])C[C@@H]1O.CSCCC(N)C(=O)[O-].[Zn+2]. The van der Waals surface area contributed by atoms with E-state index in [0.29, 0.717) is 6.42 Å². The number of nitrogens with one attached hydrogen (secondary N) is 1. The number of carboxylic acid groups (broad SMARTS) is 2. The van der Waals surface area contributed by atoms with Gasteiger partial charge in [-0.25, -0.2) is 0 Å². The third-order valence-corrected chi connectivity index (χ3v) is 4.77. The van der Waals surface area contributed by atoms with Crippen LogP contribution in [0.4, 0.5) is 0 Å². The Bertz CT molecular complexity index is 588. The number of amides is 1. The molecule has 176 valence electrons. The summed E-state index contributed by atoms with van der Waals surface area (Å²) in [7, 11) is 0. The largest absolute Gasteiger partial charge is 2.00 e. The van der Waals surface area contributed by atoms with E-state index in [9.17, 15) is 45.0 Å². The molecule has 1 heterocycles. The summed E-state index contributed by atoms with van der Waals surface area (Å²) < 4.78 is 4.80. The van der Waals surface area contributed by atoms with Crippen molar-refractivity contribution in [2.24, 2.45) is 5.73 Å². The van der Waals surface area contributed by atoms with Gasteiger partial charge in [0.1, 0.15) is 24.3 Å². The zero-order chi connectivity index (χ0) is 23.6. The third kappa shape index (κ3) is 10.5. The Morgan fingerprint density at radius 2 is 1.87 bits per heavy atom. The quantitative estimate of drug-likeness (QED) is 0.140. The molecule has 0 aromatic heterocycles. The monoisotopic (exact) mass is 520 g/mol. The van der Waals surface area contributed by atoms with Gasteiger partial charge in [-0.3, -0.25) is 4.79 Å². The number of carboxylic acids is 2. The Morgan fingerprint density at radius 1 is 1.32 bits per heavy atom. The van der Waals surface area contributed by atoms with Crippen molar-refractivity contribution in [3.63, 3.8) is 0 Å². The van der Waals surface area contributed by atoms with Gasteiger partial charge in [-0.05, 0) is 18.4 Å². The second kappa shape index (κ2) is 15.0. The second-order valence-corrected chi connectivity index (χ2v) is 7.59. The maximum Gasteiger partial charge on any atom is 2.00 e. The summed E-state index contributed by atoms with van der Waals surface area (Å²) in [6.07, 6.45) is -5.28. The number of ether oxygens (including phenoxy) is 1. The number of hydrogen-bond acceptors (Lipinski definition) is 13. The van der Waals surface area contributed by atoms with Gasteiger partial charge in [0.15, 0.2) is 0 Å². The number of aliphatic carboxylic acids is 2. The fourth-order valence-corrected chi connectivity index (χ4v) is 2.98. The molecule has 0 aromatic carbocycles. The molecule has 0 radical (unpaired) electrons. The van der Waals surface area contributed by atoms with Crippen LogP contribution in [0.1, 0.15) is 19.8 Å². The van der Waals surface area contributed by atoms with Crippen LogP contribution in [-0.4, -0.2) is 104 Å². The van der Waals surface area contributed by atoms with E-state index in [4.69, 9.17) is 15.6 Å². The number of aliphatic hydroxyl groups is 5. The maximum absolute atomic E-state index is 11.1. The van der Waals surface area contributed by atoms with Crippen LogP contribution in [0.3, 0.4) is 0 Å². The van der Waals surface area contributed by atoms with E-state index in [-0.39, 0.29) is 19.5 Å². The van der Waals surface area contributed by atoms with E-state index in [1.54, 1.807) is 11.8 Å². The molecular formula is C16H28N2O11SZn. The summed E-state index contributed by atoms with van der Waals surface area (Å²) in [5, 5.41) is 70.7. The zero-order valence-corrected chi connectivity index (χ0v) is 21.0. The topological polar surface area (TPSA) is 246 Å². The molecule has 0 saturated carbocycles. The average molecular weight is 522 g/mol. The van der Waals surface area contributed by atoms with Crippen molar-refractivity contribution in [2.45, 2.75) is 62.1 Å². The molecule has 1 fully saturated rings. The van der Waals surface area contributed by atoms with E-state index in [0.717, 1.165) is 12.7 Å². The molecule has 0 aliphatic carbocycles. The minimum absolute atomic E-state index is 0. The van der Waals surface area contributed by atoms with Crippen LogP contribution >= 0.6 is 11.8 Å². The van der Waals surface area contributed by atoms with Gasteiger partial charge in [-0.15, -0.1) is 0 Å². The van der Waals surface area contributed by atoms with Gasteiger partial charge in [0.05, 0.1) is 24.7 Å². The van der Waals surface area contributed by atoms with Crippen LogP contribution in [0.15, 0.2) is 0 Å². The number of carbonyl (C=O) groups is 3. The summed E-state index contributed by atoms with van der Waals surface area (Å²) in [6.45, 7) is 0.228. The fraction of sp³-hybridized carbons (Fsp3) is 0.812. The number of aliphatic hydroxyl groups excluding tert-OH is 4. The van der Waals surface area contributed by atoms with Crippen LogP contribution in [0.25, 0.3) is 0 Å². The van der Waals surface area contributed by atoms with Crippen molar-refractivity contribution < 1.29 is 74.3 Å².